The first kappa shape index (κ1) is 12.1. The molecule has 15 heavy (non-hydrogen) atoms. The van der Waals surface area contributed by atoms with Crippen LogP contribution in [0.3, 0.4) is 0 Å². The van der Waals surface area contributed by atoms with Crippen LogP contribution in [-0.4, -0.2) is 19.3 Å². The molecule has 1 aromatic carbocycles. The van der Waals surface area contributed by atoms with E-state index in [2.05, 4.69) is 19.1 Å². The Kier molecular flexibility index (Phi) is 5.19. The second-order valence-electron chi connectivity index (χ2n) is 3.77. The lowest BCUT2D eigenvalue weighted by Crippen LogP contribution is -2.11. The molecule has 0 aliphatic rings. The minimum atomic E-state index is 0.274. The molecule has 0 aliphatic carbocycles. The zero-order valence-corrected chi connectivity index (χ0v) is 9.82. The van der Waals surface area contributed by atoms with Crippen LogP contribution in [0.5, 0.6) is 5.75 Å². The van der Waals surface area contributed by atoms with Gasteiger partial charge in [-0.3, -0.25) is 0 Å². The molecule has 0 saturated heterocycles. The van der Waals surface area contributed by atoms with Crippen LogP contribution in [0, 0.1) is 0 Å². The zero-order chi connectivity index (χ0) is 11.1. The van der Waals surface area contributed by atoms with Gasteiger partial charge in [-0.25, -0.2) is 0 Å². The Morgan fingerprint density at radius 1 is 1.07 bits per heavy atom. The molecule has 84 valence electrons. The van der Waals surface area contributed by atoms with E-state index in [0.717, 1.165) is 12.2 Å². The molecule has 0 fully saturated rings. The van der Waals surface area contributed by atoms with Crippen LogP contribution in [0.4, 0.5) is 0 Å². The van der Waals surface area contributed by atoms with Crippen molar-refractivity contribution in [2.45, 2.75) is 33.3 Å². The summed E-state index contributed by atoms with van der Waals surface area (Å²) in [7, 11) is 0. The van der Waals surface area contributed by atoms with Crippen molar-refractivity contribution in [3.05, 3.63) is 29.8 Å². The molecule has 0 aromatic heterocycles. The normalized spacial score (nSPS) is 10.7. The topological polar surface area (TPSA) is 18.5 Å². The van der Waals surface area contributed by atoms with Gasteiger partial charge >= 0.3 is 0 Å². The molecular weight excluding hydrogens is 188 g/mol. The molecule has 2 nitrogen and oxygen atoms in total. The summed E-state index contributed by atoms with van der Waals surface area (Å²) < 4.78 is 10.9. The molecule has 1 rings (SSSR count). The molecular formula is C13H20O2. The second-order valence-corrected chi connectivity index (χ2v) is 3.77. The van der Waals surface area contributed by atoms with Crippen LogP contribution in [0.25, 0.3) is 0 Å². The molecule has 0 atom stereocenters. The Labute approximate surface area is 92.2 Å². The van der Waals surface area contributed by atoms with Gasteiger partial charge in [0.1, 0.15) is 12.4 Å². The van der Waals surface area contributed by atoms with Crippen LogP contribution in [0.2, 0.25) is 0 Å². The first-order valence-electron chi connectivity index (χ1n) is 5.55. The fourth-order valence-corrected chi connectivity index (χ4v) is 1.26. The number of rotatable bonds is 6. The van der Waals surface area contributed by atoms with Gasteiger partial charge in [-0.15, -0.1) is 0 Å². The lowest BCUT2D eigenvalue weighted by molar-refractivity contribution is 0.0552. The predicted octanol–water partition coefficient (Wildman–Crippen LogP) is 3.05. The van der Waals surface area contributed by atoms with E-state index < -0.39 is 0 Å². The molecule has 0 amide bonds. The van der Waals surface area contributed by atoms with Crippen molar-refractivity contribution in [2.75, 3.05) is 13.2 Å². The van der Waals surface area contributed by atoms with E-state index >= 15 is 0 Å². The van der Waals surface area contributed by atoms with Crippen LogP contribution in [-0.2, 0) is 11.2 Å². The van der Waals surface area contributed by atoms with Crippen molar-refractivity contribution in [3.8, 4) is 5.75 Å². The summed E-state index contributed by atoms with van der Waals surface area (Å²) in [6, 6.07) is 8.21. The maximum Gasteiger partial charge on any atom is 0.119 e. The van der Waals surface area contributed by atoms with Gasteiger partial charge < -0.3 is 9.47 Å². The molecule has 0 bridgehead atoms. The van der Waals surface area contributed by atoms with Crippen molar-refractivity contribution in [1.82, 2.24) is 0 Å². The summed E-state index contributed by atoms with van der Waals surface area (Å²) in [5.41, 5.74) is 1.33. The average Bonchev–Trinajstić information content (AvgIpc) is 2.25. The standard InChI is InChI=1S/C13H20O2/c1-4-12-5-7-13(8-6-12)15-10-9-14-11(2)3/h5-8,11H,4,9-10H2,1-3H3. The van der Waals surface area contributed by atoms with Gasteiger partial charge in [0.15, 0.2) is 0 Å². The van der Waals surface area contributed by atoms with Crippen LogP contribution < -0.4 is 4.74 Å². The Hall–Kier alpha value is -1.02. The number of hydrogen-bond donors (Lipinski definition) is 0. The number of hydrogen-bond acceptors (Lipinski definition) is 2. The van der Waals surface area contributed by atoms with Crippen LogP contribution in [0.15, 0.2) is 24.3 Å². The molecule has 2 heteroatoms. The van der Waals surface area contributed by atoms with Crippen LogP contribution in [0.1, 0.15) is 26.3 Å². The lowest BCUT2D eigenvalue weighted by Gasteiger charge is -2.09. The summed E-state index contributed by atoms with van der Waals surface area (Å²) >= 11 is 0. The number of aryl methyl sites for hydroxylation is 1. The van der Waals surface area contributed by atoms with E-state index in [1.807, 2.05) is 26.0 Å². The Balaban J connectivity index is 2.25. The monoisotopic (exact) mass is 208 g/mol. The summed E-state index contributed by atoms with van der Waals surface area (Å²) in [6.07, 6.45) is 1.34. The molecule has 0 unspecified atom stereocenters. The van der Waals surface area contributed by atoms with Gasteiger partial charge in [-0.2, -0.15) is 0 Å². The third kappa shape index (κ3) is 4.84. The minimum Gasteiger partial charge on any atom is -0.491 e. The Morgan fingerprint density at radius 2 is 1.73 bits per heavy atom. The van der Waals surface area contributed by atoms with Gasteiger partial charge in [0.2, 0.25) is 0 Å². The number of benzene rings is 1. The van der Waals surface area contributed by atoms with E-state index in [1.165, 1.54) is 5.56 Å². The summed E-state index contributed by atoms with van der Waals surface area (Å²) in [5.74, 6) is 0.916. The third-order valence-corrected chi connectivity index (χ3v) is 2.13. The van der Waals surface area contributed by atoms with Crippen molar-refractivity contribution < 1.29 is 9.47 Å². The van der Waals surface area contributed by atoms with Crippen molar-refractivity contribution in [1.29, 1.82) is 0 Å². The largest absolute Gasteiger partial charge is 0.491 e. The van der Waals surface area contributed by atoms with Gasteiger partial charge in [-0.1, -0.05) is 19.1 Å². The van der Waals surface area contributed by atoms with Crippen molar-refractivity contribution >= 4 is 0 Å². The highest BCUT2D eigenvalue weighted by Crippen LogP contribution is 2.12. The van der Waals surface area contributed by atoms with Gasteiger partial charge in [-0.05, 0) is 38.0 Å². The van der Waals surface area contributed by atoms with E-state index in [4.69, 9.17) is 9.47 Å². The van der Waals surface area contributed by atoms with E-state index in [1.54, 1.807) is 0 Å². The highest BCUT2D eigenvalue weighted by atomic mass is 16.5. The lowest BCUT2D eigenvalue weighted by atomic mass is 10.2. The fourth-order valence-electron chi connectivity index (χ4n) is 1.26. The SMILES string of the molecule is CCc1ccc(OCCOC(C)C)cc1. The fraction of sp³-hybridized carbons (Fsp3) is 0.538. The van der Waals surface area contributed by atoms with Crippen LogP contribution >= 0.6 is 0 Å². The molecule has 0 N–H and O–H groups in total. The first-order valence-corrected chi connectivity index (χ1v) is 5.55. The quantitative estimate of drug-likeness (QED) is 0.669. The molecule has 0 radical (unpaired) electrons. The summed E-state index contributed by atoms with van der Waals surface area (Å²) in [4.78, 5) is 0. The molecule has 0 heterocycles. The van der Waals surface area contributed by atoms with E-state index in [-0.39, 0.29) is 6.10 Å². The van der Waals surface area contributed by atoms with E-state index in [9.17, 15) is 0 Å². The predicted molar refractivity (Wildman–Crippen MR) is 62.4 cm³/mol. The second kappa shape index (κ2) is 6.46. The Morgan fingerprint density at radius 3 is 2.27 bits per heavy atom. The maximum atomic E-state index is 5.53. The third-order valence-electron chi connectivity index (χ3n) is 2.13. The maximum absolute atomic E-state index is 5.53. The first-order chi connectivity index (χ1) is 7.22. The van der Waals surface area contributed by atoms with Gasteiger partial charge in [0, 0.05) is 0 Å². The smallest absolute Gasteiger partial charge is 0.119 e. The highest BCUT2D eigenvalue weighted by molar-refractivity contribution is 5.27. The summed E-state index contributed by atoms with van der Waals surface area (Å²) in [5, 5.41) is 0. The molecule has 1 aromatic rings. The minimum absolute atomic E-state index is 0.274. The summed E-state index contributed by atoms with van der Waals surface area (Å²) in [6.45, 7) is 7.45. The average molecular weight is 208 g/mol. The van der Waals surface area contributed by atoms with Gasteiger partial charge in [0.05, 0.1) is 12.7 Å². The van der Waals surface area contributed by atoms with Gasteiger partial charge in [0.25, 0.3) is 0 Å². The zero-order valence-electron chi connectivity index (χ0n) is 9.82. The number of ether oxygens (including phenoxy) is 2. The van der Waals surface area contributed by atoms with Crippen molar-refractivity contribution in [3.63, 3.8) is 0 Å². The molecule has 0 saturated carbocycles. The van der Waals surface area contributed by atoms with Crippen molar-refractivity contribution in [2.24, 2.45) is 0 Å². The Bertz CT molecular complexity index is 264. The highest BCUT2D eigenvalue weighted by Gasteiger charge is 1.95. The van der Waals surface area contributed by atoms with E-state index in [0.29, 0.717) is 13.2 Å². The molecule has 0 aliphatic heterocycles. The molecule has 0 spiro atoms.